The maximum Gasteiger partial charge on any atom is 0.272 e. The maximum absolute atomic E-state index is 11.5. The lowest BCUT2D eigenvalue weighted by Gasteiger charge is -2.37. The molecule has 16 heteroatoms. The van der Waals surface area contributed by atoms with Crippen LogP contribution in [-0.4, -0.2) is 134 Å². The zero-order valence-corrected chi connectivity index (χ0v) is 29.1. The maximum atomic E-state index is 11.5. The highest BCUT2D eigenvalue weighted by molar-refractivity contribution is 7.86. The van der Waals surface area contributed by atoms with Crippen molar-refractivity contribution >= 4 is 72.5 Å². The fourth-order valence-corrected chi connectivity index (χ4v) is 9.41. The lowest BCUT2D eigenvalue weighted by molar-refractivity contribution is -0.561. The number of nitrogens with zero attached hydrogens (tertiary/aromatic N) is 4. The summed E-state index contributed by atoms with van der Waals surface area (Å²) in [5.41, 5.74) is 0. The molecule has 1 saturated heterocycles. The smallest absolute Gasteiger partial charge is 0.272 e. The summed E-state index contributed by atoms with van der Waals surface area (Å²) in [6.45, 7) is 6.47. The van der Waals surface area contributed by atoms with E-state index in [-0.39, 0.29) is 70.0 Å². The highest BCUT2D eigenvalue weighted by Gasteiger charge is 2.51. The van der Waals surface area contributed by atoms with Crippen molar-refractivity contribution in [1.82, 2.24) is 14.7 Å². The number of allylic oxidation sites excluding steroid dienone is 2. The van der Waals surface area contributed by atoms with Gasteiger partial charge in [0, 0.05) is 38.4 Å². The van der Waals surface area contributed by atoms with Gasteiger partial charge >= 0.3 is 0 Å². The Morgan fingerprint density at radius 3 is 1.84 bits per heavy atom. The van der Waals surface area contributed by atoms with Crippen LogP contribution in [0.1, 0.15) is 52.4 Å². The first-order valence-corrected chi connectivity index (χ1v) is 19.9. The van der Waals surface area contributed by atoms with Gasteiger partial charge in [0.2, 0.25) is 0 Å². The Kier molecular flexibility index (Phi) is 12.0. The van der Waals surface area contributed by atoms with Crippen LogP contribution in [0, 0.1) is 0 Å². The minimum Gasteiger partial charge on any atom is -0.353 e. The average molecular weight is 726 g/mol. The summed E-state index contributed by atoms with van der Waals surface area (Å²) >= 11 is 26.4. The summed E-state index contributed by atoms with van der Waals surface area (Å²) in [7, 11) is -8.17. The zero-order valence-electron chi connectivity index (χ0n) is 24.5. The second-order valence-corrected chi connectivity index (χ2v) is 17.1. The summed E-state index contributed by atoms with van der Waals surface area (Å²) in [6.07, 6.45) is 9.29. The minimum atomic E-state index is -4.09. The van der Waals surface area contributed by atoms with Crippen molar-refractivity contribution < 1.29 is 30.5 Å². The van der Waals surface area contributed by atoms with Crippen molar-refractivity contribution in [1.29, 1.82) is 0 Å². The molecule has 0 spiro atoms. The molecule has 0 aromatic carbocycles. The van der Waals surface area contributed by atoms with E-state index in [9.17, 15) is 25.9 Å². The molecule has 8 atom stereocenters. The number of hydrogen-bond donors (Lipinski definition) is 2. The van der Waals surface area contributed by atoms with E-state index in [1.54, 1.807) is 0 Å². The third-order valence-electron chi connectivity index (χ3n) is 9.09. The van der Waals surface area contributed by atoms with Gasteiger partial charge in [-0.2, -0.15) is 16.8 Å². The molecule has 4 rings (SSSR count). The van der Waals surface area contributed by atoms with E-state index in [2.05, 4.69) is 33.1 Å². The number of alkyl halides is 4. The lowest BCUT2D eigenvalue weighted by Crippen LogP contribution is -2.48. The zero-order chi connectivity index (χ0) is 31.7. The molecule has 2 saturated carbocycles. The van der Waals surface area contributed by atoms with E-state index in [0.29, 0.717) is 38.8 Å². The molecule has 10 nitrogen and oxygen atoms in total. The molecule has 0 bridgehead atoms. The van der Waals surface area contributed by atoms with E-state index in [1.807, 2.05) is 18.2 Å². The van der Waals surface area contributed by atoms with Crippen molar-refractivity contribution in [2.45, 2.75) is 98.0 Å². The summed E-state index contributed by atoms with van der Waals surface area (Å²) in [6, 6.07) is 0.372. The van der Waals surface area contributed by atoms with Crippen LogP contribution >= 0.6 is 46.4 Å². The molecule has 0 radical (unpaired) electrons. The van der Waals surface area contributed by atoms with Crippen molar-refractivity contribution in [3.8, 4) is 0 Å². The molecule has 4 aliphatic rings. The molecule has 43 heavy (non-hydrogen) atoms. The first-order valence-electron chi connectivity index (χ1n) is 14.9. The monoisotopic (exact) mass is 723 g/mol. The second-order valence-electron chi connectivity index (χ2n) is 11.8. The van der Waals surface area contributed by atoms with Crippen LogP contribution in [0.3, 0.4) is 0 Å². The lowest BCUT2D eigenvalue weighted by atomic mass is 9.89. The Hall–Kier alpha value is -0.470. The van der Waals surface area contributed by atoms with Crippen LogP contribution in [0.4, 0.5) is 0 Å². The number of rotatable bonds is 12. The fraction of sp³-hybridized carbons (Fsp3) is 0.815. The average Bonchev–Trinajstić information content (AvgIpc) is 3.34. The first kappa shape index (κ1) is 35.4. The molecule has 0 amide bonds. The third kappa shape index (κ3) is 8.47. The molecular weight excluding hydrogens is 682 g/mol. The van der Waals surface area contributed by atoms with Crippen LogP contribution in [0.2, 0.25) is 0 Å². The Morgan fingerprint density at radius 1 is 0.767 bits per heavy atom. The summed E-state index contributed by atoms with van der Waals surface area (Å²) in [5.74, 6) is 1.23. The minimum absolute atomic E-state index is 0.0610. The molecule has 0 aromatic heterocycles. The van der Waals surface area contributed by atoms with Crippen molar-refractivity contribution in [3.63, 3.8) is 0 Å². The number of likely N-dealkylation sites (N-methyl/N-ethyl adjacent to an activating group) is 2. The molecule has 2 heterocycles. The van der Waals surface area contributed by atoms with Crippen LogP contribution < -0.4 is 0 Å². The summed E-state index contributed by atoms with van der Waals surface area (Å²) in [4.78, 5) is 6.77. The Balaban J connectivity index is 1.67. The fourth-order valence-electron chi connectivity index (χ4n) is 7.28. The molecule has 246 valence electrons. The van der Waals surface area contributed by atoms with Gasteiger partial charge in [-0.3, -0.25) is 18.6 Å². The van der Waals surface area contributed by atoms with Gasteiger partial charge in [-0.05, 0) is 39.2 Å². The molecule has 3 fully saturated rings. The Morgan fingerprint density at radius 2 is 1.28 bits per heavy atom. The van der Waals surface area contributed by atoms with Gasteiger partial charge in [0.1, 0.15) is 17.9 Å². The SMILES string of the molecule is CCN1C(=CC=CC2=[N+](CCCS(=O)(=O)O)C3CC(Cl)C(Cl)CC3N2CC)N(CCCS(=O)(=O)O)C2CC(Cl)C(Cl)CC21. The number of hydrogen-bond acceptors (Lipinski definition) is 7. The molecule has 0 aromatic rings. The predicted octanol–water partition coefficient (Wildman–Crippen LogP) is 3.82. The van der Waals surface area contributed by atoms with E-state index >= 15 is 0 Å². The Labute approximate surface area is 276 Å². The topological polar surface area (TPSA) is 121 Å². The van der Waals surface area contributed by atoms with Gasteiger partial charge in [0.05, 0.1) is 58.2 Å². The quantitative estimate of drug-likeness (QED) is 0.176. The summed E-state index contributed by atoms with van der Waals surface area (Å²) in [5, 5.41) is -0.752. The van der Waals surface area contributed by atoms with E-state index in [0.717, 1.165) is 24.7 Å². The normalized spacial score (nSPS) is 34.5. The number of amidine groups is 1. The first-order chi connectivity index (χ1) is 20.1. The third-order valence-corrected chi connectivity index (χ3v) is 12.9. The van der Waals surface area contributed by atoms with E-state index in [4.69, 9.17) is 46.4 Å². The van der Waals surface area contributed by atoms with Crippen molar-refractivity contribution in [2.24, 2.45) is 0 Å². The van der Waals surface area contributed by atoms with Crippen LogP contribution in [0.25, 0.3) is 0 Å². The van der Waals surface area contributed by atoms with Crippen LogP contribution in [0.15, 0.2) is 24.0 Å². The molecule has 2 aliphatic heterocycles. The van der Waals surface area contributed by atoms with Crippen molar-refractivity contribution in [3.05, 3.63) is 24.0 Å². The molecule has 8 unspecified atom stereocenters. The van der Waals surface area contributed by atoms with Gasteiger partial charge in [-0.15, -0.1) is 46.4 Å². The van der Waals surface area contributed by atoms with Crippen LogP contribution in [-0.2, 0) is 20.2 Å². The largest absolute Gasteiger partial charge is 0.353 e. The standard InChI is InChI=1S/C27H42Cl4N4O6S2/c1-3-32-22-14-18(28)20(30)16-24(22)34(10-6-12-42(36,37)38)26(32)8-5-9-27-33(4-2)23-15-19(29)21(31)17-25(23)35(27)11-7-13-43(39,40)41/h5,8-9,18-25H,3-4,6-7,10-17H2,1-2H3,(H-,36,37,38,39,40,41)/p+1. The van der Waals surface area contributed by atoms with Gasteiger partial charge < -0.3 is 9.80 Å². The molecular formula is C27H43Cl4N4O6S2+. The highest BCUT2D eigenvalue weighted by Crippen LogP contribution is 2.42. The van der Waals surface area contributed by atoms with Gasteiger partial charge in [0.25, 0.3) is 26.1 Å². The van der Waals surface area contributed by atoms with Gasteiger partial charge in [-0.1, -0.05) is 6.08 Å². The summed E-state index contributed by atoms with van der Waals surface area (Å²) < 4.78 is 66.7. The van der Waals surface area contributed by atoms with Gasteiger partial charge in [-0.25, -0.2) is 0 Å². The van der Waals surface area contributed by atoms with Gasteiger partial charge in [0.15, 0.2) is 0 Å². The molecule has 2 aliphatic carbocycles. The van der Waals surface area contributed by atoms with E-state index in [1.165, 1.54) is 0 Å². The second kappa shape index (κ2) is 14.5. The van der Waals surface area contributed by atoms with Crippen molar-refractivity contribution in [2.75, 3.05) is 37.7 Å². The molecule has 2 N–H and O–H groups in total. The van der Waals surface area contributed by atoms with E-state index < -0.39 is 20.2 Å². The number of fused-ring (bicyclic) bond motifs is 2. The Bertz CT molecular complexity index is 1310. The predicted molar refractivity (Wildman–Crippen MR) is 173 cm³/mol. The highest BCUT2D eigenvalue weighted by atomic mass is 35.5. The number of halogens is 4. The van der Waals surface area contributed by atoms with Crippen LogP contribution in [0.5, 0.6) is 0 Å².